The van der Waals surface area contributed by atoms with E-state index in [1.807, 2.05) is 24.4 Å². The fourth-order valence-corrected chi connectivity index (χ4v) is 2.17. The molecule has 0 saturated heterocycles. The Hall–Kier alpha value is -2.69. The summed E-state index contributed by atoms with van der Waals surface area (Å²) in [6.07, 6.45) is 3.84. The third kappa shape index (κ3) is 3.08. The van der Waals surface area contributed by atoms with Crippen LogP contribution in [0.4, 0.5) is 4.39 Å². The first-order valence-corrected chi connectivity index (χ1v) is 6.65. The summed E-state index contributed by atoms with van der Waals surface area (Å²) in [6.45, 7) is 0.424. The van der Waals surface area contributed by atoms with E-state index < -0.39 is 0 Å². The van der Waals surface area contributed by atoms with E-state index in [2.05, 4.69) is 10.4 Å². The number of aromatic nitrogens is 2. The Labute approximate surface area is 121 Å². The van der Waals surface area contributed by atoms with Crippen LogP contribution >= 0.6 is 0 Å². The predicted molar refractivity (Wildman–Crippen MR) is 77.1 cm³/mol. The molecule has 4 nitrogen and oxygen atoms in total. The van der Waals surface area contributed by atoms with Crippen LogP contribution in [-0.2, 0) is 17.8 Å². The number of amides is 1. The lowest BCUT2D eigenvalue weighted by Gasteiger charge is -2.04. The molecule has 2 heterocycles. The van der Waals surface area contributed by atoms with Crippen molar-refractivity contribution >= 4 is 11.4 Å². The van der Waals surface area contributed by atoms with Gasteiger partial charge in [-0.15, -0.1) is 0 Å². The van der Waals surface area contributed by atoms with E-state index in [0.29, 0.717) is 6.54 Å². The molecule has 5 heteroatoms. The topological polar surface area (TPSA) is 46.4 Å². The molecule has 1 aromatic carbocycles. The highest BCUT2D eigenvalue weighted by molar-refractivity contribution is 5.78. The Morgan fingerprint density at radius 1 is 1.19 bits per heavy atom. The van der Waals surface area contributed by atoms with Crippen LogP contribution in [0.5, 0.6) is 0 Å². The second kappa shape index (κ2) is 5.75. The lowest BCUT2D eigenvalue weighted by atomic mass is 10.1. The minimum absolute atomic E-state index is 0.100. The van der Waals surface area contributed by atoms with Crippen molar-refractivity contribution in [2.24, 2.45) is 0 Å². The third-order valence-corrected chi connectivity index (χ3v) is 3.26. The number of hydrogen-bond donors (Lipinski definition) is 1. The molecule has 1 N–H and O–H groups in total. The van der Waals surface area contributed by atoms with E-state index in [9.17, 15) is 9.18 Å². The van der Waals surface area contributed by atoms with Crippen molar-refractivity contribution in [2.45, 2.75) is 13.0 Å². The average Bonchev–Trinajstić information content (AvgIpc) is 2.91. The SMILES string of the molecule is O=C(Cc1ccc(F)cc1)NCc1cnn2ccccc12. The highest BCUT2D eigenvalue weighted by Crippen LogP contribution is 2.09. The van der Waals surface area contributed by atoms with E-state index in [0.717, 1.165) is 16.6 Å². The molecule has 106 valence electrons. The molecule has 3 rings (SSSR count). The molecular weight excluding hydrogens is 269 g/mol. The van der Waals surface area contributed by atoms with Crippen molar-refractivity contribution in [1.29, 1.82) is 0 Å². The van der Waals surface area contributed by atoms with E-state index in [1.54, 1.807) is 22.8 Å². The average molecular weight is 283 g/mol. The van der Waals surface area contributed by atoms with Crippen LogP contribution < -0.4 is 5.32 Å². The summed E-state index contributed by atoms with van der Waals surface area (Å²) in [5.74, 6) is -0.401. The molecule has 3 aromatic rings. The van der Waals surface area contributed by atoms with Crippen LogP contribution in [0.1, 0.15) is 11.1 Å². The highest BCUT2D eigenvalue weighted by atomic mass is 19.1. The maximum absolute atomic E-state index is 12.8. The molecule has 0 radical (unpaired) electrons. The van der Waals surface area contributed by atoms with Crippen LogP contribution in [0.15, 0.2) is 54.9 Å². The fourth-order valence-electron chi connectivity index (χ4n) is 2.17. The number of halogens is 1. The number of carbonyl (C=O) groups excluding carboxylic acids is 1. The zero-order valence-electron chi connectivity index (χ0n) is 11.3. The largest absolute Gasteiger partial charge is 0.352 e. The fraction of sp³-hybridized carbons (Fsp3) is 0.125. The summed E-state index contributed by atoms with van der Waals surface area (Å²) in [7, 11) is 0. The summed E-state index contributed by atoms with van der Waals surface area (Å²) >= 11 is 0. The van der Waals surface area contributed by atoms with Gasteiger partial charge in [-0.05, 0) is 29.8 Å². The van der Waals surface area contributed by atoms with Crippen molar-refractivity contribution in [3.05, 3.63) is 71.8 Å². The van der Waals surface area contributed by atoms with Crippen molar-refractivity contribution < 1.29 is 9.18 Å². The molecule has 0 aliphatic heterocycles. The molecule has 0 unspecified atom stereocenters. The zero-order valence-corrected chi connectivity index (χ0v) is 11.3. The summed E-state index contributed by atoms with van der Waals surface area (Å²) < 4.78 is 14.6. The van der Waals surface area contributed by atoms with Gasteiger partial charge in [0.15, 0.2) is 0 Å². The molecular formula is C16H14FN3O. The maximum atomic E-state index is 12.8. The number of pyridine rings is 1. The summed E-state index contributed by atoms with van der Waals surface area (Å²) in [5, 5.41) is 7.07. The molecule has 0 atom stereocenters. The Bertz CT molecular complexity index is 765. The second-order valence-electron chi connectivity index (χ2n) is 4.78. The van der Waals surface area contributed by atoms with Gasteiger partial charge in [0.2, 0.25) is 5.91 Å². The van der Waals surface area contributed by atoms with Crippen molar-refractivity contribution in [1.82, 2.24) is 14.9 Å². The van der Waals surface area contributed by atoms with Gasteiger partial charge in [0, 0.05) is 18.3 Å². The van der Waals surface area contributed by atoms with E-state index in [4.69, 9.17) is 0 Å². The Morgan fingerprint density at radius 2 is 2.00 bits per heavy atom. The van der Waals surface area contributed by atoms with Gasteiger partial charge in [0.1, 0.15) is 5.82 Å². The highest BCUT2D eigenvalue weighted by Gasteiger charge is 2.07. The quantitative estimate of drug-likeness (QED) is 0.799. The number of nitrogens with one attached hydrogen (secondary N) is 1. The van der Waals surface area contributed by atoms with E-state index >= 15 is 0 Å². The van der Waals surface area contributed by atoms with Gasteiger partial charge in [-0.3, -0.25) is 4.79 Å². The normalized spacial score (nSPS) is 10.7. The van der Waals surface area contributed by atoms with Gasteiger partial charge in [-0.25, -0.2) is 8.91 Å². The molecule has 1 amide bonds. The summed E-state index contributed by atoms with van der Waals surface area (Å²) in [5.41, 5.74) is 2.72. The number of rotatable bonds is 4. The molecule has 0 fully saturated rings. The molecule has 2 aromatic heterocycles. The van der Waals surface area contributed by atoms with Gasteiger partial charge in [0.05, 0.1) is 18.1 Å². The summed E-state index contributed by atoms with van der Waals surface area (Å²) in [4.78, 5) is 11.9. The Morgan fingerprint density at radius 3 is 2.81 bits per heavy atom. The van der Waals surface area contributed by atoms with Crippen LogP contribution in [0.25, 0.3) is 5.52 Å². The molecule has 0 spiro atoms. The minimum atomic E-state index is -0.300. The smallest absolute Gasteiger partial charge is 0.224 e. The second-order valence-corrected chi connectivity index (χ2v) is 4.78. The summed E-state index contributed by atoms with van der Waals surface area (Å²) in [6, 6.07) is 11.7. The molecule has 0 bridgehead atoms. The first-order chi connectivity index (χ1) is 10.2. The molecule has 0 aliphatic carbocycles. The van der Waals surface area contributed by atoms with Crippen molar-refractivity contribution in [2.75, 3.05) is 0 Å². The number of nitrogens with zero attached hydrogens (tertiary/aromatic N) is 2. The molecule has 21 heavy (non-hydrogen) atoms. The standard InChI is InChI=1S/C16H14FN3O/c17-14-6-4-12(5-7-14)9-16(21)18-10-13-11-19-20-8-2-1-3-15(13)20/h1-8,11H,9-10H2,(H,18,21). The third-order valence-electron chi connectivity index (χ3n) is 3.26. The number of carbonyl (C=O) groups is 1. The minimum Gasteiger partial charge on any atom is -0.352 e. The zero-order chi connectivity index (χ0) is 14.7. The van der Waals surface area contributed by atoms with Crippen molar-refractivity contribution in [3.8, 4) is 0 Å². The lowest BCUT2D eigenvalue weighted by Crippen LogP contribution is -2.24. The lowest BCUT2D eigenvalue weighted by molar-refractivity contribution is -0.120. The van der Waals surface area contributed by atoms with E-state index in [-0.39, 0.29) is 18.1 Å². The first kappa shape index (κ1) is 13.3. The van der Waals surface area contributed by atoms with Crippen LogP contribution in [-0.4, -0.2) is 15.5 Å². The van der Waals surface area contributed by atoms with Crippen LogP contribution in [0, 0.1) is 5.82 Å². The molecule has 0 aliphatic rings. The van der Waals surface area contributed by atoms with E-state index in [1.165, 1.54) is 12.1 Å². The van der Waals surface area contributed by atoms with Crippen LogP contribution in [0.2, 0.25) is 0 Å². The van der Waals surface area contributed by atoms with Gasteiger partial charge >= 0.3 is 0 Å². The van der Waals surface area contributed by atoms with Gasteiger partial charge in [0.25, 0.3) is 0 Å². The number of hydrogen-bond acceptors (Lipinski definition) is 2. The Kier molecular flexibility index (Phi) is 3.64. The van der Waals surface area contributed by atoms with Gasteiger partial charge in [-0.1, -0.05) is 18.2 Å². The first-order valence-electron chi connectivity index (χ1n) is 6.65. The predicted octanol–water partition coefficient (Wildman–Crippen LogP) is 2.33. The van der Waals surface area contributed by atoms with Crippen molar-refractivity contribution in [3.63, 3.8) is 0 Å². The monoisotopic (exact) mass is 283 g/mol. The maximum Gasteiger partial charge on any atom is 0.224 e. The van der Waals surface area contributed by atoms with Gasteiger partial charge < -0.3 is 5.32 Å². The molecule has 0 saturated carbocycles. The van der Waals surface area contributed by atoms with Crippen LogP contribution in [0.3, 0.4) is 0 Å². The Balaban J connectivity index is 1.62. The number of fused-ring (bicyclic) bond motifs is 1. The number of benzene rings is 1. The van der Waals surface area contributed by atoms with Gasteiger partial charge in [-0.2, -0.15) is 5.10 Å².